The Hall–Kier alpha value is -1.69. The van der Waals surface area contributed by atoms with Gasteiger partial charge in [-0.2, -0.15) is 0 Å². The topological polar surface area (TPSA) is 76.1 Å². The van der Waals surface area contributed by atoms with Gasteiger partial charge in [-0.05, 0) is 45.1 Å². The van der Waals surface area contributed by atoms with Crippen LogP contribution in [0.1, 0.15) is 37.1 Å². The Morgan fingerprint density at radius 1 is 1.27 bits per heavy atom. The van der Waals surface area contributed by atoms with E-state index in [-0.39, 0.29) is 5.91 Å². The summed E-state index contributed by atoms with van der Waals surface area (Å²) in [6.07, 6.45) is 3.40. The lowest BCUT2D eigenvalue weighted by Crippen LogP contribution is -2.32. The third kappa shape index (κ3) is 5.97. The summed E-state index contributed by atoms with van der Waals surface area (Å²) in [4.78, 5) is 20.4. The first-order chi connectivity index (χ1) is 10.6. The monoisotopic (exact) mass is 306 g/mol. The summed E-state index contributed by atoms with van der Waals surface area (Å²) in [5, 5.41) is 6.18. The van der Waals surface area contributed by atoms with E-state index >= 15 is 0 Å². The Balaban J connectivity index is 1.58. The molecule has 6 nitrogen and oxygen atoms in total. The van der Waals surface area contributed by atoms with E-state index in [0.29, 0.717) is 24.8 Å². The average molecular weight is 306 g/mol. The number of hydrogen-bond donors (Lipinski definition) is 2. The molecule has 1 aromatic heterocycles. The van der Waals surface area contributed by atoms with Crippen LogP contribution < -0.4 is 10.6 Å². The average Bonchev–Trinajstić information content (AvgIpc) is 2.50. The van der Waals surface area contributed by atoms with Gasteiger partial charge in [0, 0.05) is 44.1 Å². The highest BCUT2D eigenvalue weighted by Gasteiger charge is 2.14. The second kappa shape index (κ2) is 8.68. The van der Waals surface area contributed by atoms with Crippen LogP contribution in [0.4, 0.5) is 5.95 Å². The summed E-state index contributed by atoms with van der Waals surface area (Å²) >= 11 is 0. The molecule has 22 heavy (non-hydrogen) atoms. The van der Waals surface area contributed by atoms with Gasteiger partial charge in [0.1, 0.15) is 0 Å². The first-order valence-corrected chi connectivity index (χ1v) is 8.04. The first-order valence-electron chi connectivity index (χ1n) is 8.04. The van der Waals surface area contributed by atoms with Crippen LogP contribution in [-0.2, 0) is 9.53 Å². The van der Waals surface area contributed by atoms with Gasteiger partial charge >= 0.3 is 0 Å². The molecule has 2 heterocycles. The van der Waals surface area contributed by atoms with Crippen molar-refractivity contribution < 1.29 is 9.53 Å². The zero-order valence-corrected chi connectivity index (χ0v) is 13.5. The minimum Gasteiger partial charge on any atom is -0.381 e. The molecule has 2 rings (SSSR count). The summed E-state index contributed by atoms with van der Waals surface area (Å²) in [6.45, 7) is 7.01. The predicted molar refractivity (Wildman–Crippen MR) is 85.8 cm³/mol. The van der Waals surface area contributed by atoms with Gasteiger partial charge in [-0.3, -0.25) is 4.79 Å². The fourth-order valence-corrected chi connectivity index (χ4v) is 2.55. The molecular formula is C16H26N4O2. The molecule has 0 bridgehead atoms. The number of nitrogens with one attached hydrogen (secondary N) is 2. The maximum atomic E-state index is 11.8. The number of hydrogen-bond acceptors (Lipinski definition) is 5. The van der Waals surface area contributed by atoms with Gasteiger partial charge in [-0.15, -0.1) is 0 Å². The van der Waals surface area contributed by atoms with E-state index in [1.165, 1.54) is 0 Å². The Morgan fingerprint density at radius 2 is 1.95 bits per heavy atom. The Kier molecular flexibility index (Phi) is 6.58. The maximum Gasteiger partial charge on any atom is 0.223 e. The fourth-order valence-electron chi connectivity index (χ4n) is 2.55. The molecule has 0 saturated carbocycles. The van der Waals surface area contributed by atoms with Gasteiger partial charge in [-0.25, -0.2) is 9.97 Å². The molecule has 0 atom stereocenters. The number of anilines is 1. The van der Waals surface area contributed by atoms with E-state index in [1.807, 2.05) is 19.9 Å². The lowest BCUT2D eigenvalue weighted by molar-refractivity contribution is -0.121. The number of nitrogens with zero attached hydrogens (tertiary/aromatic N) is 2. The van der Waals surface area contributed by atoms with Crippen molar-refractivity contribution in [1.82, 2.24) is 15.3 Å². The quantitative estimate of drug-likeness (QED) is 0.752. The summed E-state index contributed by atoms with van der Waals surface area (Å²) in [5.41, 5.74) is 1.90. The van der Waals surface area contributed by atoms with Crippen LogP contribution in [0.5, 0.6) is 0 Å². The Bertz CT molecular complexity index is 467. The van der Waals surface area contributed by atoms with E-state index < -0.39 is 0 Å². The number of aryl methyl sites for hydroxylation is 2. The van der Waals surface area contributed by atoms with Crippen molar-refractivity contribution in [1.29, 1.82) is 0 Å². The van der Waals surface area contributed by atoms with E-state index in [2.05, 4.69) is 20.6 Å². The number of carbonyl (C=O) groups excluding carboxylic acids is 1. The van der Waals surface area contributed by atoms with Gasteiger partial charge in [0.15, 0.2) is 0 Å². The van der Waals surface area contributed by atoms with Crippen LogP contribution in [-0.4, -0.2) is 42.2 Å². The number of carbonyl (C=O) groups is 1. The van der Waals surface area contributed by atoms with Crippen molar-refractivity contribution in [3.8, 4) is 0 Å². The van der Waals surface area contributed by atoms with Crippen molar-refractivity contribution in [2.75, 3.05) is 31.6 Å². The lowest BCUT2D eigenvalue weighted by atomic mass is 10.0. The molecule has 6 heteroatoms. The van der Waals surface area contributed by atoms with E-state index in [0.717, 1.165) is 50.4 Å². The van der Waals surface area contributed by atoms with Crippen molar-refractivity contribution in [2.45, 2.75) is 39.5 Å². The molecule has 1 saturated heterocycles. The molecule has 0 radical (unpaired) electrons. The minimum absolute atomic E-state index is 0.120. The third-order valence-electron chi connectivity index (χ3n) is 3.77. The van der Waals surface area contributed by atoms with Crippen LogP contribution in [0.15, 0.2) is 6.07 Å². The van der Waals surface area contributed by atoms with E-state index in [1.54, 1.807) is 0 Å². The molecule has 1 aliphatic rings. The van der Waals surface area contributed by atoms with Crippen LogP contribution in [0.3, 0.4) is 0 Å². The maximum absolute atomic E-state index is 11.8. The van der Waals surface area contributed by atoms with Gasteiger partial charge < -0.3 is 15.4 Å². The standard InChI is InChI=1S/C16H26N4O2/c1-12-10-13(2)20-16(19-12)17-7-3-4-15(21)18-11-14-5-8-22-9-6-14/h10,14H,3-9,11H2,1-2H3,(H,18,21)(H,17,19,20). The summed E-state index contributed by atoms with van der Waals surface area (Å²) in [5.74, 6) is 1.33. The SMILES string of the molecule is Cc1cc(C)nc(NCCCC(=O)NCC2CCOCC2)n1. The predicted octanol–water partition coefficient (Wildman–Crippen LogP) is 1.83. The van der Waals surface area contributed by atoms with Crippen molar-refractivity contribution in [3.05, 3.63) is 17.5 Å². The highest BCUT2D eigenvalue weighted by molar-refractivity contribution is 5.75. The highest BCUT2D eigenvalue weighted by atomic mass is 16.5. The molecule has 0 aliphatic carbocycles. The minimum atomic E-state index is 0.120. The summed E-state index contributed by atoms with van der Waals surface area (Å²) in [7, 11) is 0. The normalized spacial score (nSPS) is 15.5. The van der Waals surface area contributed by atoms with Gasteiger partial charge in [0.2, 0.25) is 11.9 Å². The molecule has 0 unspecified atom stereocenters. The third-order valence-corrected chi connectivity index (χ3v) is 3.77. The van der Waals surface area contributed by atoms with Gasteiger partial charge in [0.25, 0.3) is 0 Å². The molecule has 1 aromatic rings. The van der Waals surface area contributed by atoms with Crippen molar-refractivity contribution >= 4 is 11.9 Å². The molecule has 0 spiro atoms. The number of aromatic nitrogens is 2. The molecule has 1 aliphatic heterocycles. The fraction of sp³-hybridized carbons (Fsp3) is 0.688. The highest BCUT2D eigenvalue weighted by Crippen LogP contribution is 2.13. The second-order valence-corrected chi connectivity index (χ2v) is 5.86. The Labute approximate surface area is 132 Å². The number of rotatable bonds is 7. The zero-order valence-electron chi connectivity index (χ0n) is 13.5. The van der Waals surface area contributed by atoms with Crippen LogP contribution in [0, 0.1) is 19.8 Å². The largest absolute Gasteiger partial charge is 0.381 e. The summed E-state index contributed by atoms with van der Waals surface area (Å²) < 4.78 is 5.31. The van der Waals surface area contributed by atoms with Crippen LogP contribution >= 0.6 is 0 Å². The first kappa shape index (κ1) is 16.7. The molecular weight excluding hydrogens is 280 g/mol. The molecule has 122 valence electrons. The van der Waals surface area contributed by atoms with Gasteiger partial charge in [-0.1, -0.05) is 0 Å². The number of amides is 1. The number of ether oxygens (including phenoxy) is 1. The zero-order chi connectivity index (χ0) is 15.8. The van der Waals surface area contributed by atoms with Crippen molar-refractivity contribution in [2.24, 2.45) is 5.92 Å². The second-order valence-electron chi connectivity index (χ2n) is 5.86. The van der Waals surface area contributed by atoms with Crippen molar-refractivity contribution in [3.63, 3.8) is 0 Å². The molecule has 0 aromatic carbocycles. The molecule has 1 amide bonds. The van der Waals surface area contributed by atoms with Crippen LogP contribution in [0.25, 0.3) is 0 Å². The van der Waals surface area contributed by atoms with Gasteiger partial charge in [0.05, 0.1) is 0 Å². The molecule has 1 fully saturated rings. The van der Waals surface area contributed by atoms with E-state index in [4.69, 9.17) is 4.74 Å². The smallest absolute Gasteiger partial charge is 0.223 e. The van der Waals surface area contributed by atoms with Crippen LogP contribution in [0.2, 0.25) is 0 Å². The molecule has 2 N–H and O–H groups in total. The van der Waals surface area contributed by atoms with E-state index in [9.17, 15) is 4.79 Å². The Morgan fingerprint density at radius 3 is 2.64 bits per heavy atom. The lowest BCUT2D eigenvalue weighted by Gasteiger charge is -2.22. The summed E-state index contributed by atoms with van der Waals surface area (Å²) in [6, 6.07) is 1.94.